The summed E-state index contributed by atoms with van der Waals surface area (Å²) in [6.45, 7) is 1.37. The molecule has 0 aliphatic heterocycles. The minimum Gasteiger partial charge on any atom is -0.497 e. The fourth-order valence-electron chi connectivity index (χ4n) is 2.56. The largest absolute Gasteiger partial charge is 0.497 e. The summed E-state index contributed by atoms with van der Waals surface area (Å²) < 4.78 is 49.7. The number of methoxy groups -OCH3 is 2. The molecule has 9 heteroatoms. The van der Waals surface area contributed by atoms with Gasteiger partial charge in [-0.2, -0.15) is 0 Å². The third kappa shape index (κ3) is 4.68. The van der Waals surface area contributed by atoms with Crippen molar-refractivity contribution in [2.45, 2.75) is 13.0 Å². The van der Waals surface area contributed by atoms with Crippen LogP contribution in [0.15, 0.2) is 42.5 Å². The SMILES string of the molecule is COc1ccc(OC)c(NC(=O)[C@H](C)N(c2ccccc2F)S(C)(=O)=O)c1. The van der Waals surface area contributed by atoms with Crippen LogP contribution in [0.25, 0.3) is 0 Å². The fraction of sp³-hybridized carbons (Fsp3) is 0.278. The zero-order valence-electron chi connectivity index (χ0n) is 15.4. The standard InChI is InChI=1S/C18H21FN2O5S/c1-12(21(27(4,23)24)16-8-6-5-7-14(16)19)18(22)20-15-11-13(25-2)9-10-17(15)26-3/h5-12H,1-4H3,(H,20,22)/t12-/m0/s1. The van der Waals surface area contributed by atoms with Gasteiger partial charge in [-0.1, -0.05) is 12.1 Å². The van der Waals surface area contributed by atoms with Crippen molar-refractivity contribution in [3.05, 3.63) is 48.3 Å². The van der Waals surface area contributed by atoms with Crippen LogP contribution in [0.3, 0.4) is 0 Å². The first kappa shape index (κ1) is 20.5. The van der Waals surface area contributed by atoms with E-state index in [4.69, 9.17) is 9.47 Å². The Morgan fingerprint density at radius 2 is 1.81 bits per heavy atom. The van der Waals surface area contributed by atoms with E-state index in [0.29, 0.717) is 17.2 Å². The number of benzene rings is 2. The number of hydrogen-bond acceptors (Lipinski definition) is 5. The molecule has 146 valence electrons. The van der Waals surface area contributed by atoms with Crippen LogP contribution in [0, 0.1) is 5.82 Å². The Balaban J connectivity index is 2.38. The predicted molar refractivity (Wildman–Crippen MR) is 101 cm³/mol. The summed E-state index contributed by atoms with van der Waals surface area (Å²) in [6.07, 6.45) is 0.912. The molecule has 1 atom stereocenters. The van der Waals surface area contributed by atoms with Crippen molar-refractivity contribution >= 4 is 27.3 Å². The number of carbonyl (C=O) groups excluding carboxylic acids is 1. The number of amides is 1. The number of ether oxygens (including phenoxy) is 2. The van der Waals surface area contributed by atoms with Gasteiger partial charge in [0.05, 0.1) is 31.9 Å². The van der Waals surface area contributed by atoms with E-state index < -0.39 is 27.8 Å². The van der Waals surface area contributed by atoms with Crippen LogP contribution in [0.5, 0.6) is 11.5 Å². The van der Waals surface area contributed by atoms with Gasteiger partial charge in [-0.25, -0.2) is 12.8 Å². The van der Waals surface area contributed by atoms with Gasteiger partial charge in [0.1, 0.15) is 23.4 Å². The molecule has 1 N–H and O–H groups in total. The monoisotopic (exact) mass is 396 g/mol. The first-order valence-electron chi connectivity index (χ1n) is 7.96. The second-order valence-corrected chi connectivity index (χ2v) is 7.60. The molecule has 0 saturated heterocycles. The third-order valence-corrected chi connectivity index (χ3v) is 5.07. The van der Waals surface area contributed by atoms with E-state index in [0.717, 1.165) is 16.6 Å². The number of hydrogen-bond donors (Lipinski definition) is 1. The maximum absolute atomic E-state index is 14.2. The van der Waals surface area contributed by atoms with Crippen LogP contribution >= 0.6 is 0 Å². The molecule has 27 heavy (non-hydrogen) atoms. The van der Waals surface area contributed by atoms with Gasteiger partial charge in [0.2, 0.25) is 15.9 Å². The lowest BCUT2D eigenvalue weighted by molar-refractivity contribution is -0.116. The molecule has 2 rings (SSSR count). The van der Waals surface area contributed by atoms with E-state index in [-0.39, 0.29) is 5.69 Å². The number of nitrogens with one attached hydrogen (secondary N) is 1. The number of halogens is 1. The van der Waals surface area contributed by atoms with Gasteiger partial charge >= 0.3 is 0 Å². The zero-order valence-corrected chi connectivity index (χ0v) is 16.2. The van der Waals surface area contributed by atoms with E-state index in [1.54, 1.807) is 12.1 Å². The van der Waals surface area contributed by atoms with Crippen molar-refractivity contribution in [1.29, 1.82) is 0 Å². The fourth-order valence-corrected chi connectivity index (χ4v) is 3.74. The highest BCUT2D eigenvalue weighted by molar-refractivity contribution is 7.92. The van der Waals surface area contributed by atoms with E-state index >= 15 is 0 Å². The van der Waals surface area contributed by atoms with Crippen molar-refractivity contribution in [2.24, 2.45) is 0 Å². The topological polar surface area (TPSA) is 84.9 Å². The van der Waals surface area contributed by atoms with Gasteiger partial charge in [-0.3, -0.25) is 9.10 Å². The minimum absolute atomic E-state index is 0.208. The molecule has 0 unspecified atom stereocenters. The average molecular weight is 396 g/mol. The summed E-state index contributed by atoms with van der Waals surface area (Å²) in [6, 6.07) is 8.93. The van der Waals surface area contributed by atoms with Gasteiger partial charge < -0.3 is 14.8 Å². The Bertz CT molecular complexity index is 933. The van der Waals surface area contributed by atoms with Crippen molar-refractivity contribution < 1.29 is 27.1 Å². The molecule has 0 aromatic heterocycles. The van der Waals surface area contributed by atoms with E-state index in [1.165, 1.54) is 45.4 Å². The van der Waals surface area contributed by atoms with Gasteiger partial charge in [0.25, 0.3) is 0 Å². The molecular weight excluding hydrogens is 375 g/mol. The second kappa shape index (κ2) is 8.26. The number of carbonyl (C=O) groups is 1. The maximum atomic E-state index is 14.2. The van der Waals surface area contributed by atoms with Gasteiger partial charge in [-0.05, 0) is 31.2 Å². The van der Waals surface area contributed by atoms with E-state index in [2.05, 4.69) is 5.32 Å². The molecule has 0 heterocycles. The van der Waals surface area contributed by atoms with Crippen LogP contribution in [0.4, 0.5) is 15.8 Å². The highest BCUT2D eigenvalue weighted by atomic mass is 32.2. The highest BCUT2D eigenvalue weighted by Crippen LogP contribution is 2.30. The van der Waals surface area contributed by atoms with Gasteiger partial charge in [-0.15, -0.1) is 0 Å². The molecule has 0 radical (unpaired) electrons. The Morgan fingerprint density at radius 3 is 2.37 bits per heavy atom. The third-order valence-electron chi connectivity index (χ3n) is 3.84. The van der Waals surface area contributed by atoms with Crippen molar-refractivity contribution in [2.75, 3.05) is 30.1 Å². The summed E-state index contributed by atoms with van der Waals surface area (Å²) in [7, 11) is -1.02. The predicted octanol–water partition coefficient (Wildman–Crippen LogP) is 2.64. The molecule has 0 bridgehead atoms. The Hall–Kier alpha value is -2.81. The second-order valence-electron chi connectivity index (χ2n) is 5.74. The highest BCUT2D eigenvalue weighted by Gasteiger charge is 2.31. The normalized spacial score (nSPS) is 12.2. The lowest BCUT2D eigenvalue weighted by Gasteiger charge is -2.28. The molecule has 0 saturated carbocycles. The average Bonchev–Trinajstić information content (AvgIpc) is 2.62. The van der Waals surface area contributed by atoms with Crippen molar-refractivity contribution in [3.63, 3.8) is 0 Å². The molecule has 0 spiro atoms. The smallest absolute Gasteiger partial charge is 0.248 e. The lowest BCUT2D eigenvalue weighted by atomic mass is 10.2. The molecule has 1 amide bonds. The number of sulfonamides is 1. The molecule has 0 aliphatic rings. The van der Waals surface area contributed by atoms with Crippen LogP contribution in [-0.2, 0) is 14.8 Å². The summed E-state index contributed by atoms with van der Waals surface area (Å²) in [4.78, 5) is 12.7. The van der Waals surface area contributed by atoms with Crippen LogP contribution in [0.2, 0.25) is 0 Å². The molecule has 0 fully saturated rings. The molecule has 0 aliphatic carbocycles. The maximum Gasteiger partial charge on any atom is 0.248 e. The number of rotatable bonds is 7. The van der Waals surface area contributed by atoms with Gasteiger partial charge in [0, 0.05) is 6.07 Å². The molecule has 2 aromatic rings. The van der Waals surface area contributed by atoms with Crippen LogP contribution < -0.4 is 19.1 Å². The molecule has 7 nitrogen and oxygen atoms in total. The Morgan fingerprint density at radius 1 is 1.15 bits per heavy atom. The lowest BCUT2D eigenvalue weighted by Crippen LogP contribution is -2.45. The first-order valence-corrected chi connectivity index (χ1v) is 9.80. The quantitative estimate of drug-likeness (QED) is 0.778. The van der Waals surface area contributed by atoms with E-state index in [1.807, 2.05) is 0 Å². The first-order chi connectivity index (χ1) is 12.7. The Kier molecular flexibility index (Phi) is 6.27. The summed E-state index contributed by atoms with van der Waals surface area (Å²) in [5, 5.41) is 2.61. The molecular formula is C18H21FN2O5S. The summed E-state index contributed by atoms with van der Waals surface area (Å²) in [5.74, 6) is -0.558. The van der Waals surface area contributed by atoms with E-state index in [9.17, 15) is 17.6 Å². The number of para-hydroxylation sites is 1. The van der Waals surface area contributed by atoms with Gasteiger partial charge in [0.15, 0.2) is 0 Å². The summed E-state index contributed by atoms with van der Waals surface area (Å²) in [5.41, 5.74) is 0.0935. The number of nitrogens with zero attached hydrogens (tertiary/aromatic N) is 1. The zero-order chi connectivity index (χ0) is 20.2. The van der Waals surface area contributed by atoms with Crippen LogP contribution in [0.1, 0.15) is 6.92 Å². The van der Waals surface area contributed by atoms with Crippen molar-refractivity contribution in [1.82, 2.24) is 0 Å². The summed E-state index contributed by atoms with van der Waals surface area (Å²) >= 11 is 0. The number of anilines is 2. The van der Waals surface area contributed by atoms with Crippen LogP contribution in [-0.4, -0.2) is 40.8 Å². The molecule has 2 aromatic carbocycles. The Labute approximate surface area is 157 Å². The minimum atomic E-state index is -3.93. The van der Waals surface area contributed by atoms with Crippen molar-refractivity contribution in [3.8, 4) is 11.5 Å².